The Labute approximate surface area is 140 Å². The van der Waals surface area contributed by atoms with E-state index in [4.69, 9.17) is 4.74 Å². The summed E-state index contributed by atoms with van der Waals surface area (Å²) in [4.78, 5) is 4.52. The molecule has 2 aromatic carbocycles. The van der Waals surface area contributed by atoms with Gasteiger partial charge in [-0.15, -0.1) is 12.4 Å². The average molecular weight is 336 g/mol. The van der Waals surface area contributed by atoms with E-state index in [-0.39, 0.29) is 29.7 Å². The molecule has 0 unspecified atom stereocenters. The fourth-order valence-electron chi connectivity index (χ4n) is 2.68. The number of methoxy groups -OCH3 is 1. The highest BCUT2D eigenvalue weighted by atomic mass is 35.5. The van der Waals surface area contributed by atoms with Gasteiger partial charge in [-0.25, -0.2) is 0 Å². The van der Waals surface area contributed by atoms with Crippen molar-refractivity contribution in [2.75, 3.05) is 13.7 Å². The number of nitrogens with zero attached hydrogens (tertiary/aromatic N) is 1. The Balaban J connectivity index is 0.00000192. The second-order valence-electron chi connectivity index (χ2n) is 5.26. The molecule has 3 N–H and O–H groups in total. The van der Waals surface area contributed by atoms with Gasteiger partial charge in [-0.2, -0.15) is 0 Å². The smallest absolute Gasteiger partial charge is 0.160 e. The van der Waals surface area contributed by atoms with Crippen LogP contribution < -0.4 is 4.74 Å². The Hall–Kier alpha value is -2.40. The van der Waals surface area contributed by atoms with Gasteiger partial charge in [-0.1, -0.05) is 6.07 Å². The van der Waals surface area contributed by atoms with Crippen molar-refractivity contribution in [2.45, 2.75) is 12.8 Å². The fraction of sp³-hybridized carbons (Fsp3) is 0.235. The van der Waals surface area contributed by atoms with Crippen molar-refractivity contribution in [1.82, 2.24) is 0 Å². The fourth-order valence-corrected chi connectivity index (χ4v) is 2.68. The normalized spacial score (nSPS) is 12.8. The molecule has 0 bridgehead atoms. The van der Waals surface area contributed by atoms with Crippen LogP contribution in [0.1, 0.15) is 16.7 Å². The Morgan fingerprint density at radius 1 is 1.04 bits per heavy atom. The molecule has 1 heterocycles. The summed E-state index contributed by atoms with van der Waals surface area (Å²) < 4.78 is 5.03. The number of rotatable bonds is 3. The highest BCUT2D eigenvalue weighted by Gasteiger charge is 2.18. The van der Waals surface area contributed by atoms with Crippen LogP contribution in [-0.4, -0.2) is 34.7 Å². The minimum Gasteiger partial charge on any atom is -0.504 e. The summed E-state index contributed by atoms with van der Waals surface area (Å²) in [5, 5.41) is 29.2. The zero-order valence-electron chi connectivity index (χ0n) is 12.6. The highest BCUT2D eigenvalue weighted by molar-refractivity contribution is 6.04. The van der Waals surface area contributed by atoms with Gasteiger partial charge in [0.2, 0.25) is 0 Å². The summed E-state index contributed by atoms with van der Waals surface area (Å²) in [6.07, 6.45) is 1.27. The lowest BCUT2D eigenvalue weighted by Gasteiger charge is -2.18. The van der Waals surface area contributed by atoms with Gasteiger partial charge in [-0.3, -0.25) is 4.99 Å². The number of aromatic hydroxyl groups is 3. The van der Waals surface area contributed by atoms with Gasteiger partial charge in [0, 0.05) is 24.2 Å². The summed E-state index contributed by atoms with van der Waals surface area (Å²) >= 11 is 0. The number of benzene rings is 2. The second-order valence-corrected chi connectivity index (χ2v) is 5.26. The molecule has 0 aromatic heterocycles. The average Bonchev–Trinajstić information content (AvgIpc) is 2.49. The Morgan fingerprint density at radius 2 is 1.78 bits per heavy atom. The summed E-state index contributed by atoms with van der Waals surface area (Å²) in [5.41, 5.74) is 3.55. The SMILES string of the molecule is COc1ccc(CC2=NCCc3cc(O)c(O)cc32)cc1O.Cl. The molecule has 1 aliphatic rings. The minimum absolute atomic E-state index is 0. The Morgan fingerprint density at radius 3 is 2.48 bits per heavy atom. The quantitative estimate of drug-likeness (QED) is 0.753. The maximum absolute atomic E-state index is 9.86. The molecule has 0 atom stereocenters. The number of fused-ring (bicyclic) bond motifs is 1. The van der Waals surface area contributed by atoms with Crippen LogP contribution >= 0.6 is 12.4 Å². The second kappa shape index (κ2) is 6.79. The van der Waals surface area contributed by atoms with Gasteiger partial charge in [0.15, 0.2) is 23.0 Å². The summed E-state index contributed by atoms with van der Waals surface area (Å²) in [6.45, 7) is 0.648. The van der Waals surface area contributed by atoms with E-state index in [9.17, 15) is 15.3 Å². The largest absolute Gasteiger partial charge is 0.504 e. The van der Waals surface area contributed by atoms with Gasteiger partial charge in [-0.05, 0) is 41.8 Å². The first-order valence-corrected chi connectivity index (χ1v) is 7.03. The first-order chi connectivity index (χ1) is 10.6. The Bertz CT molecular complexity index is 758. The Kier molecular flexibility index (Phi) is 5.01. The summed E-state index contributed by atoms with van der Waals surface area (Å²) in [6, 6.07) is 8.37. The lowest BCUT2D eigenvalue weighted by molar-refractivity contribution is 0.373. The van der Waals surface area contributed by atoms with E-state index in [1.807, 2.05) is 6.07 Å². The van der Waals surface area contributed by atoms with Crippen LogP contribution in [0.15, 0.2) is 35.3 Å². The van der Waals surface area contributed by atoms with Gasteiger partial charge < -0.3 is 20.1 Å². The van der Waals surface area contributed by atoms with Crippen LogP contribution in [0.5, 0.6) is 23.0 Å². The predicted molar refractivity (Wildman–Crippen MR) is 90.5 cm³/mol. The zero-order chi connectivity index (χ0) is 15.7. The molecule has 1 aliphatic heterocycles. The van der Waals surface area contributed by atoms with Crippen LogP contribution in [0.2, 0.25) is 0 Å². The number of hydrogen-bond donors (Lipinski definition) is 3. The number of halogens is 1. The molecule has 0 amide bonds. The van der Waals surface area contributed by atoms with E-state index >= 15 is 0 Å². The molecule has 0 saturated heterocycles. The minimum atomic E-state index is -0.147. The van der Waals surface area contributed by atoms with Crippen LogP contribution in [0, 0.1) is 0 Å². The van der Waals surface area contributed by atoms with E-state index in [0.717, 1.165) is 28.8 Å². The van der Waals surface area contributed by atoms with Crippen molar-refractivity contribution in [3.8, 4) is 23.0 Å². The topological polar surface area (TPSA) is 82.3 Å². The van der Waals surface area contributed by atoms with Crippen molar-refractivity contribution in [3.63, 3.8) is 0 Å². The highest BCUT2D eigenvalue weighted by Crippen LogP contribution is 2.32. The van der Waals surface area contributed by atoms with Crippen LogP contribution in [0.3, 0.4) is 0 Å². The maximum Gasteiger partial charge on any atom is 0.160 e. The molecule has 6 heteroatoms. The summed E-state index contributed by atoms with van der Waals surface area (Å²) in [7, 11) is 1.51. The third-order valence-corrected chi connectivity index (χ3v) is 3.81. The lowest BCUT2D eigenvalue weighted by Crippen LogP contribution is -2.15. The number of ether oxygens (including phenoxy) is 1. The third kappa shape index (κ3) is 3.35. The van der Waals surface area contributed by atoms with Gasteiger partial charge in [0.05, 0.1) is 7.11 Å². The van der Waals surface area contributed by atoms with Crippen LogP contribution in [0.25, 0.3) is 0 Å². The van der Waals surface area contributed by atoms with Crippen molar-refractivity contribution < 1.29 is 20.1 Å². The first kappa shape index (κ1) is 17.0. The standard InChI is InChI=1S/C17H17NO4.ClH/c1-22-17-3-2-10(7-16(17)21)6-13-12-9-15(20)14(19)8-11(12)4-5-18-13;/h2-3,7-9,19-21H,4-6H2,1H3;1H. The summed E-state index contributed by atoms with van der Waals surface area (Å²) in [5.74, 6) is 0.260. The third-order valence-electron chi connectivity index (χ3n) is 3.81. The van der Waals surface area contributed by atoms with Crippen molar-refractivity contribution in [3.05, 3.63) is 47.0 Å². The van der Waals surface area contributed by atoms with Gasteiger partial charge in [0.1, 0.15) is 0 Å². The number of phenolic OH excluding ortho intramolecular Hbond substituents is 3. The van der Waals surface area contributed by atoms with Gasteiger partial charge >= 0.3 is 0 Å². The number of aliphatic imine (C=N–C) groups is 1. The molecule has 122 valence electrons. The molecule has 2 aromatic rings. The number of hydrogen-bond acceptors (Lipinski definition) is 5. The van der Waals surface area contributed by atoms with Crippen molar-refractivity contribution in [1.29, 1.82) is 0 Å². The molecule has 23 heavy (non-hydrogen) atoms. The van der Waals surface area contributed by atoms with E-state index < -0.39 is 0 Å². The maximum atomic E-state index is 9.86. The molecule has 5 nitrogen and oxygen atoms in total. The molecule has 0 fully saturated rings. The lowest BCUT2D eigenvalue weighted by atomic mass is 9.93. The van der Waals surface area contributed by atoms with E-state index in [2.05, 4.69) is 4.99 Å². The van der Waals surface area contributed by atoms with Gasteiger partial charge in [0.25, 0.3) is 0 Å². The molecule has 0 aliphatic carbocycles. The predicted octanol–water partition coefficient (Wildman–Crippen LogP) is 2.82. The van der Waals surface area contributed by atoms with E-state index in [1.165, 1.54) is 7.11 Å². The molecule has 0 radical (unpaired) electrons. The molecular weight excluding hydrogens is 318 g/mol. The van der Waals surface area contributed by atoms with Crippen LogP contribution in [0.4, 0.5) is 0 Å². The molecule has 0 saturated carbocycles. The van der Waals surface area contributed by atoms with Crippen molar-refractivity contribution in [2.24, 2.45) is 4.99 Å². The number of phenols is 3. The first-order valence-electron chi connectivity index (χ1n) is 7.03. The van der Waals surface area contributed by atoms with Crippen molar-refractivity contribution >= 4 is 18.1 Å². The molecule has 3 rings (SSSR count). The van der Waals surface area contributed by atoms with Crippen LogP contribution in [-0.2, 0) is 12.8 Å². The van der Waals surface area contributed by atoms with E-state index in [1.54, 1.807) is 24.3 Å². The molecule has 0 spiro atoms. The monoisotopic (exact) mass is 335 g/mol. The molecular formula is C17H18ClNO4. The van der Waals surface area contributed by atoms with E-state index in [0.29, 0.717) is 18.7 Å². The zero-order valence-corrected chi connectivity index (χ0v) is 13.4.